The van der Waals surface area contributed by atoms with Crippen LogP contribution in [0.1, 0.15) is 49.9 Å². The number of halogens is 6. The van der Waals surface area contributed by atoms with E-state index in [1.165, 1.54) is 0 Å². The predicted octanol–water partition coefficient (Wildman–Crippen LogP) is 6.64. The van der Waals surface area contributed by atoms with Crippen LogP contribution in [0.3, 0.4) is 0 Å². The maximum Gasteiger partial charge on any atom is 0.416 e. The summed E-state index contributed by atoms with van der Waals surface area (Å²) in [6.45, 7) is 5.43. The van der Waals surface area contributed by atoms with Gasteiger partial charge in [0.15, 0.2) is 5.11 Å². The van der Waals surface area contributed by atoms with E-state index in [1.807, 2.05) is 37.3 Å². The van der Waals surface area contributed by atoms with Crippen LogP contribution in [0.4, 0.5) is 32.0 Å². The van der Waals surface area contributed by atoms with Crippen molar-refractivity contribution in [3.63, 3.8) is 0 Å². The molecule has 0 spiro atoms. The fraction of sp³-hybridized carbons (Fsp3) is 0.417. The Morgan fingerprint density at radius 2 is 1.49 bits per heavy atom. The summed E-state index contributed by atoms with van der Waals surface area (Å²) in [4.78, 5) is 14.9. The summed E-state index contributed by atoms with van der Waals surface area (Å²) in [5, 5.41) is 4.86. The van der Waals surface area contributed by atoms with Gasteiger partial charge in [0.05, 0.1) is 17.2 Å². The molecule has 2 N–H and O–H groups in total. The molecule has 0 heterocycles. The average molecular weight is 520 g/mol. The molecule has 2 aromatic rings. The van der Waals surface area contributed by atoms with Gasteiger partial charge < -0.3 is 15.5 Å². The number of rotatable bonds is 7. The van der Waals surface area contributed by atoms with Crippen molar-refractivity contribution in [1.82, 2.24) is 10.2 Å². The van der Waals surface area contributed by atoms with Crippen LogP contribution in [0.5, 0.6) is 0 Å². The number of carbonyl (C=O) groups excluding carboxylic acids is 1. The van der Waals surface area contributed by atoms with Crippen molar-refractivity contribution in [3.8, 4) is 0 Å². The van der Waals surface area contributed by atoms with E-state index in [-0.39, 0.29) is 29.0 Å². The number of likely N-dealkylation sites (N-methyl/N-ethyl adjacent to an activating group) is 1. The molecule has 1 unspecified atom stereocenters. The Morgan fingerprint density at radius 1 is 0.971 bits per heavy atom. The van der Waals surface area contributed by atoms with Crippen molar-refractivity contribution in [2.75, 3.05) is 12.4 Å². The average Bonchev–Trinajstić information content (AvgIpc) is 2.76. The molecule has 0 aliphatic rings. The van der Waals surface area contributed by atoms with Gasteiger partial charge in [-0.3, -0.25) is 4.79 Å². The summed E-state index contributed by atoms with van der Waals surface area (Å²) in [5.74, 6) is -0.606. The number of nitrogens with zero attached hydrogens (tertiary/aromatic N) is 1. The van der Waals surface area contributed by atoms with Crippen LogP contribution in [0, 0.1) is 5.92 Å². The number of thiocarbonyl (C=S) groups is 1. The van der Waals surface area contributed by atoms with Gasteiger partial charge in [0.1, 0.15) is 6.04 Å². The van der Waals surface area contributed by atoms with Gasteiger partial charge >= 0.3 is 12.4 Å². The molecule has 0 aromatic heterocycles. The first-order chi connectivity index (χ1) is 16.1. The molecule has 2 atom stereocenters. The van der Waals surface area contributed by atoms with Gasteiger partial charge in [-0.2, -0.15) is 26.3 Å². The van der Waals surface area contributed by atoms with Gasteiger partial charge in [-0.25, -0.2) is 0 Å². The van der Waals surface area contributed by atoms with Crippen molar-refractivity contribution in [3.05, 3.63) is 65.2 Å². The number of hydrogen-bond acceptors (Lipinski definition) is 2. The SMILES string of the molecule is CC[C@H](c1ccccc1)N(C)C(=O)C(NC(=S)Nc1cc(C(F)(F)F)cc(C(F)(F)F)c1)C(C)C. The zero-order valence-corrected chi connectivity index (χ0v) is 20.4. The number of alkyl halides is 6. The number of benzene rings is 2. The molecule has 2 rings (SSSR count). The third kappa shape index (κ3) is 7.58. The van der Waals surface area contributed by atoms with Crippen LogP contribution < -0.4 is 10.6 Å². The topological polar surface area (TPSA) is 44.4 Å². The molecule has 0 radical (unpaired) electrons. The van der Waals surface area contributed by atoms with Gasteiger partial charge in [0, 0.05) is 12.7 Å². The maximum absolute atomic E-state index is 13.3. The molecule has 0 saturated heterocycles. The van der Waals surface area contributed by atoms with Crippen molar-refractivity contribution in [1.29, 1.82) is 0 Å². The highest BCUT2D eigenvalue weighted by molar-refractivity contribution is 7.80. The van der Waals surface area contributed by atoms with Crippen molar-refractivity contribution < 1.29 is 31.1 Å². The lowest BCUT2D eigenvalue weighted by molar-refractivity contribution is -0.143. The predicted molar refractivity (Wildman–Crippen MR) is 127 cm³/mol. The van der Waals surface area contributed by atoms with Gasteiger partial charge in [-0.15, -0.1) is 0 Å². The molecule has 0 bridgehead atoms. The summed E-state index contributed by atoms with van der Waals surface area (Å²) in [6.07, 6.45) is -9.35. The summed E-state index contributed by atoms with van der Waals surface area (Å²) < 4.78 is 78.8. The zero-order valence-electron chi connectivity index (χ0n) is 19.6. The van der Waals surface area contributed by atoms with Crippen LogP contribution in [0.2, 0.25) is 0 Å². The molecule has 4 nitrogen and oxygen atoms in total. The Morgan fingerprint density at radius 3 is 1.91 bits per heavy atom. The van der Waals surface area contributed by atoms with Gasteiger partial charge in [-0.1, -0.05) is 51.1 Å². The number of anilines is 1. The monoisotopic (exact) mass is 519 g/mol. The first-order valence-electron chi connectivity index (χ1n) is 10.8. The second kappa shape index (κ2) is 11.3. The van der Waals surface area contributed by atoms with Crippen LogP contribution in [0.25, 0.3) is 0 Å². The van der Waals surface area contributed by atoms with Crippen LogP contribution in [-0.2, 0) is 17.1 Å². The first kappa shape index (κ1) is 28.4. The van der Waals surface area contributed by atoms with E-state index < -0.39 is 35.2 Å². The van der Waals surface area contributed by atoms with Gasteiger partial charge in [0.2, 0.25) is 5.91 Å². The largest absolute Gasteiger partial charge is 0.416 e. The van der Waals surface area contributed by atoms with Crippen molar-refractivity contribution in [2.45, 2.75) is 51.6 Å². The molecule has 1 amide bonds. The first-order valence-corrected chi connectivity index (χ1v) is 11.2. The van der Waals surface area contributed by atoms with Gasteiger partial charge in [-0.05, 0) is 48.3 Å². The quantitative estimate of drug-likeness (QED) is 0.318. The molecule has 0 saturated carbocycles. The highest BCUT2D eigenvalue weighted by atomic mass is 32.1. The summed E-state index contributed by atoms with van der Waals surface area (Å²) in [6, 6.07) is 9.37. The van der Waals surface area contributed by atoms with E-state index in [0.717, 1.165) is 5.56 Å². The molecule has 11 heteroatoms. The fourth-order valence-corrected chi connectivity index (χ4v) is 3.88. The van der Waals surface area contributed by atoms with Crippen LogP contribution >= 0.6 is 12.2 Å². The van der Waals surface area contributed by atoms with E-state index in [0.29, 0.717) is 18.6 Å². The Kier molecular flexibility index (Phi) is 9.16. The minimum Gasteiger partial charge on any atom is -0.350 e. The van der Waals surface area contributed by atoms with Gasteiger partial charge in [0.25, 0.3) is 0 Å². The zero-order chi connectivity index (χ0) is 26.6. The molecule has 0 aliphatic heterocycles. The Bertz CT molecular complexity index is 992. The summed E-state index contributed by atoms with van der Waals surface area (Å²) >= 11 is 5.14. The summed E-state index contributed by atoms with van der Waals surface area (Å²) in [7, 11) is 1.64. The maximum atomic E-state index is 13.3. The molecular weight excluding hydrogens is 492 g/mol. The summed E-state index contributed by atoms with van der Waals surface area (Å²) in [5.41, 5.74) is -2.51. The number of hydrogen-bond donors (Lipinski definition) is 2. The van der Waals surface area contributed by atoms with E-state index in [2.05, 4.69) is 10.6 Å². The van der Waals surface area contributed by atoms with E-state index in [4.69, 9.17) is 12.2 Å². The van der Waals surface area contributed by atoms with Crippen LogP contribution in [-0.4, -0.2) is 29.0 Å². The fourth-order valence-electron chi connectivity index (χ4n) is 3.63. The lowest BCUT2D eigenvalue weighted by atomic mass is 9.99. The third-order valence-corrected chi connectivity index (χ3v) is 5.67. The van der Waals surface area contributed by atoms with Crippen molar-refractivity contribution in [2.24, 2.45) is 5.92 Å². The molecule has 0 fully saturated rings. The minimum absolute atomic E-state index is 0.0333. The van der Waals surface area contributed by atoms with E-state index in [1.54, 1.807) is 25.8 Å². The second-order valence-corrected chi connectivity index (χ2v) is 8.81. The Balaban J connectivity index is 2.25. The lowest BCUT2D eigenvalue weighted by Crippen LogP contribution is -2.51. The smallest absolute Gasteiger partial charge is 0.350 e. The lowest BCUT2D eigenvalue weighted by Gasteiger charge is -2.33. The highest BCUT2D eigenvalue weighted by Gasteiger charge is 2.37. The molecule has 192 valence electrons. The second-order valence-electron chi connectivity index (χ2n) is 8.40. The molecule has 35 heavy (non-hydrogen) atoms. The Hall–Kier alpha value is -2.82. The molecular formula is C24H27F6N3OS. The highest BCUT2D eigenvalue weighted by Crippen LogP contribution is 2.37. The standard InChI is InChI=1S/C24H27F6N3OS/c1-5-19(15-9-7-6-8-10-15)33(4)21(34)20(14(2)3)32-22(35)31-18-12-16(23(25,26)27)11-17(13-18)24(28,29)30/h6-14,19-20H,5H2,1-4H3,(H2,31,32,35)/t19-,20?/m1/s1. The number of amides is 1. The van der Waals surface area contributed by atoms with Crippen molar-refractivity contribution >= 4 is 28.9 Å². The minimum atomic E-state index is -4.99. The third-order valence-electron chi connectivity index (χ3n) is 5.45. The Labute approximate surface area is 205 Å². The number of nitrogens with one attached hydrogen (secondary N) is 2. The van der Waals surface area contributed by atoms with E-state index >= 15 is 0 Å². The normalized spacial score (nSPS) is 13.8. The van der Waals surface area contributed by atoms with Crippen LogP contribution in [0.15, 0.2) is 48.5 Å². The molecule has 0 aliphatic carbocycles. The number of carbonyl (C=O) groups is 1. The van der Waals surface area contributed by atoms with E-state index in [9.17, 15) is 31.1 Å². The molecule has 2 aromatic carbocycles.